The molecule has 32 heavy (non-hydrogen) atoms. The predicted molar refractivity (Wildman–Crippen MR) is 129 cm³/mol. The van der Waals surface area contributed by atoms with E-state index in [1.54, 1.807) is 13.2 Å². The molecule has 1 aliphatic carbocycles. The number of carbonyl (C=O) groups is 1. The van der Waals surface area contributed by atoms with Gasteiger partial charge in [0.1, 0.15) is 10.6 Å². The van der Waals surface area contributed by atoms with Gasteiger partial charge in [0.2, 0.25) is 0 Å². The second kappa shape index (κ2) is 13.2. The Bertz CT molecular complexity index is 681. The Morgan fingerprint density at radius 2 is 1.72 bits per heavy atom. The van der Waals surface area contributed by atoms with Gasteiger partial charge in [-0.25, -0.2) is 5.53 Å². The summed E-state index contributed by atoms with van der Waals surface area (Å²) >= 11 is 1.38. The maximum absolute atomic E-state index is 10.8. The van der Waals surface area contributed by atoms with E-state index in [4.69, 9.17) is 4.74 Å². The molecule has 4 rings (SSSR count). The van der Waals surface area contributed by atoms with E-state index in [0.717, 1.165) is 25.2 Å². The van der Waals surface area contributed by atoms with E-state index >= 15 is 0 Å². The van der Waals surface area contributed by atoms with E-state index in [9.17, 15) is 9.70 Å². The van der Waals surface area contributed by atoms with Crippen molar-refractivity contribution in [3.63, 3.8) is 0 Å². The van der Waals surface area contributed by atoms with Gasteiger partial charge in [0, 0.05) is 18.1 Å². The zero-order chi connectivity index (χ0) is 22.8. The minimum absolute atomic E-state index is 0.471. The van der Waals surface area contributed by atoms with Crippen LogP contribution in [0.1, 0.15) is 67.5 Å². The number of aldehydes is 1. The Hall–Kier alpha value is -1.55. The van der Waals surface area contributed by atoms with Gasteiger partial charge in [-0.1, -0.05) is 19.3 Å². The molecule has 1 aromatic rings. The average Bonchev–Trinajstić information content (AvgIpc) is 3.32. The van der Waals surface area contributed by atoms with Gasteiger partial charge in [0.25, 0.3) is 0 Å². The van der Waals surface area contributed by atoms with Crippen LogP contribution in [0, 0.1) is 4.91 Å². The number of carbonyl (C=O) groups excluding carboxylic acids is 1. The Balaban J connectivity index is 0.000000269. The number of nitrogens with one attached hydrogen (secondary N) is 1. The first-order chi connectivity index (χ1) is 15.7. The van der Waals surface area contributed by atoms with Crippen LogP contribution in [0.4, 0.5) is 0 Å². The second-order valence-electron chi connectivity index (χ2n) is 9.16. The van der Waals surface area contributed by atoms with E-state index in [1.807, 2.05) is 5.38 Å². The van der Waals surface area contributed by atoms with Crippen molar-refractivity contribution < 1.29 is 9.53 Å². The maximum Gasteiger partial charge on any atom is 0.163 e. The van der Waals surface area contributed by atoms with Crippen molar-refractivity contribution in [3.8, 4) is 5.75 Å². The molecule has 3 fully saturated rings. The second-order valence-corrected chi connectivity index (χ2v) is 10.1. The molecule has 1 aromatic heterocycles. The van der Waals surface area contributed by atoms with Gasteiger partial charge >= 0.3 is 0 Å². The zero-order valence-electron chi connectivity index (χ0n) is 19.6. The smallest absolute Gasteiger partial charge is 0.163 e. The molecule has 180 valence electrons. The van der Waals surface area contributed by atoms with E-state index in [2.05, 4.69) is 32.7 Å². The van der Waals surface area contributed by atoms with E-state index in [-0.39, 0.29) is 0 Å². The van der Waals surface area contributed by atoms with Crippen LogP contribution in [-0.4, -0.2) is 79.6 Å². The summed E-state index contributed by atoms with van der Waals surface area (Å²) in [5.74, 6) is 0.662. The lowest BCUT2D eigenvalue weighted by Gasteiger charge is -2.45. The van der Waals surface area contributed by atoms with Crippen LogP contribution in [0.3, 0.4) is 0 Å². The van der Waals surface area contributed by atoms with Crippen molar-refractivity contribution in [2.24, 2.45) is 5.29 Å². The fraction of sp³-hybridized carbons (Fsp3) is 0.783. The first-order valence-corrected chi connectivity index (χ1v) is 12.9. The summed E-state index contributed by atoms with van der Waals surface area (Å²) in [7, 11) is 3.78. The number of hydrazine groups is 1. The van der Waals surface area contributed by atoms with Gasteiger partial charge < -0.3 is 14.5 Å². The summed E-state index contributed by atoms with van der Waals surface area (Å²) in [6.07, 6.45) is 12.1. The molecule has 0 unspecified atom stereocenters. The zero-order valence-corrected chi connectivity index (χ0v) is 20.4. The number of nitrogens with zero attached hydrogens (tertiary/aromatic N) is 4. The number of rotatable bonds is 7. The summed E-state index contributed by atoms with van der Waals surface area (Å²) in [6.45, 7) is 4.80. The lowest BCUT2D eigenvalue weighted by molar-refractivity contribution is 0.000238. The molecule has 0 atom stereocenters. The molecule has 3 heterocycles. The van der Waals surface area contributed by atoms with Crippen LogP contribution in [0.5, 0.6) is 5.75 Å². The largest absolute Gasteiger partial charge is 0.495 e. The van der Waals surface area contributed by atoms with Gasteiger partial charge in [-0.3, -0.25) is 4.79 Å². The Labute approximate surface area is 196 Å². The highest BCUT2D eigenvalue weighted by Crippen LogP contribution is 2.28. The Morgan fingerprint density at radius 1 is 1.06 bits per heavy atom. The third-order valence-corrected chi connectivity index (χ3v) is 8.03. The highest BCUT2D eigenvalue weighted by molar-refractivity contribution is 7.12. The van der Waals surface area contributed by atoms with Crippen LogP contribution in [0.2, 0.25) is 0 Å². The highest BCUT2D eigenvalue weighted by atomic mass is 32.1. The number of piperidine rings is 2. The molecule has 0 spiro atoms. The first kappa shape index (κ1) is 25.1. The molecule has 3 aliphatic rings. The first-order valence-electron chi connectivity index (χ1n) is 12.0. The van der Waals surface area contributed by atoms with Crippen molar-refractivity contribution >= 4 is 17.6 Å². The minimum Gasteiger partial charge on any atom is -0.495 e. The fourth-order valence-electron chi connectivity index (χ4n) is 5.32. The van der Waals surface area contributed by atoms with Crippen LogP contribution >= 0.6 is 11.3 Å². The molecule has 2 aliphatic heterocycles. The molecule has 0 radical (unpaired) electrons. The molecule has 0 aromatic carbocycles. The lowest BCUT2D eigenvalue weighted by Crippen LogP contribution is -2.56. The molecular weight excluding hydrogens is 426 g/mol. The van der Waals surface area contributed by atoms with Gasteiger partial charge in [-0.15, -0.1) is 16.2 Å². The Morgan fingerprint density at radius 3 is 2.28 bits per heavy atom. The van der Waals surface area contributed by atoms with Crippen LogP contribution in [0.15, 0.2) is 16.7 Å². The number of hydrogen-bond donors (Lipinski definition) is 1. The topological polar surface area (TPSA) is 77.5 Å². The third-order valence-electron chi connectivity index (χ3n) is 7.21. The number of thiophene rings is 1. The van der Waals surface area contributed by atoms with Crippen molar-refractivity contribution in [2.45, 2.75) is 75.9 Å². The van der Waals surface area contributed by atoms with Crippen molar-refractivity contribution in [2.75, 3.05) is 40.3 Å². The van der Waals surface area contributed by atoms with Gasteiger partial charge in [-0.2, -0.15) is 5.01 Å². The van der Waals surface area contributed by atoms with Crippen LogP contribution in [0.25, 0.3) is 0 Å². The summed E-state index contributed by atoms with van der Waals surface area (Å²) < 4.78 is 4.86. The van der Waals surface area contributed by atoms with Gasteiger partial charge in [0.05, 0.1) is 12.4 Å². The van der Waals surface area contributed by atoms with E-state index in [0.29, 0.717) is 22.7 Å². The molecule has 2 saturated heterocycles. The number of likely N-dealkylation sites (tertiary alicyclic amines) is 2. The number of nitroso groups, excluding NO2 is 1. The highest BCUT2D eigenvalue weighted by Gasteiger charge is 2.33. The normalized spacial score (nSPS) is 22.2. The quantitative estimate of drug-likeness (QED) is 0.371. The molecule has 0 bridgehead atoms. The SMILES string of the molecule is CN1CCC(N2CCC(N(NN=O)C3CCCCC3)CC2)CC1.COc1ccsc1C=O. The summed E-state index contributed by atoms with van der Waals surface area (Å²) in [5.41, 5.74) is 2.80. The lowest BCUT2D eigenvalue weighted by atomic mass is 9.92. The average molecular weight is 466 g/mol. The van der Waals surface area contributed by atoms with Crippen molar-refractivity contribution in [3.05, 3.63) is 21.2 Å². The van der Waals surface area contributed by atoms with Gasteiger partial charge in [0.15, 0.2) is 6.29 Å². The van der Waals surface area contributed by atoms with E-state index < -0.39 is 0 Å². The molecule has 1 saturated carbocycles. The third kappa shape index (κ3) is 6.97. The molecule has 1 N–H and O–H groups in total. The van der Waals surface area contributed by atoms with Crippen LogP contribution in [-0.2, 0) is 0 Å². The van der Waals surface area contributed by atoms with Gasteiger partial charge in [-0.05, 0) is 83.2 Å². The Kier molecular flexibility index (Phi) is 10.4. The minimum atomic E-state index is 0.471. The monoisotopic (exact) mass is 465 g/mol. The number of ether oxygens (including phenoxy) is 1. The molecular formula is C23H39N5O3S. The van der Waals surface area contributed by atoms with Crippen molar-refractivity contribution in [1.82, 2.24) is 20.3 Å². The standard InChI is InChI=1S/C17H33N5O.C6H6O2S/c1-20-11-7-15(8-12-20)21-13-9-17(10-14-21)22(18-19-23)16-5-3-2-4-6-16;1-8-5-2-3-9-6(5)4-7/h15-17H,2-14H2,1H3,(H,18,23);2-4H,1H3. The summed E-state index contributed by atoms with van der Waals surface area (Å²) in [6, 6.07) is 3.51. The molecule has 0 amide bonds. The number of methoxy groups -OCH3 is 1. The molecule has 9 heteroatoms. The number of hydrogen-bond acceptors (Lipinski definition) is 8. The fourth-order valence-corrected chi connectivity index (χ4v) is 5.98. The maximum atomic E-state index is 10.8. The summed E-state index contributed by atoms with van der Waals surface area (Å²) in [5, 5.41) is 7.04. The van der Waals surface area contributed by atoms with Crippen LogP contribution < -0.4 is 10.3 Å². The summed E-state index contributed by atoms with van der Waals surface area (Å²) in [4.78, 5) is 26.8. The molecule has 8 nitrogen and oxygen atoms in total. The van der Waals surface area contributed by atoms with E-state index in [1.165, 1.54) is 82.5 Å². The predicted octanol–water partition coefficient (Wildman–Crippen LogP) is 3.93. The van der Waals surface area contributed by atoms with Crippen molar-refractivity contribution in [1.29, 1.82) is 0 Å².